The molecule has 4 rings (SSSR count). The lowest BCUT2D eigenvalue weighted by Gasteiger charge is -2.32. The van der Waals surface area contributed by atoms with Gasteiger partial charge in [-0.25, -0.2) is 13.6 Å². The number of carbonyl (C=O) groups is 2. The summed E-state index contributed by atoms with van der Waals surface area (Å²) in [6.07, 6.45) is -4.71. The van der Waals surface area contributed by atoms with E-state index in [9.17, 15) is 31.5 Å². The smallest absolute Gasteiger partial charge is 0.416 e. The third-order valence-electron chi connectivity index (χ3n) is 6.17. The lowest BCUT2D eigenvalue weighted by atomic mass is 10.1. The number of rotatable bonds is 5. The lowest BCUT2D eigenvalue weighted by Crippen LogP contribution is -2.48. The standard InChI is InChI=1S/C27H25F5N4O3/c1-16-13-18(28)4-8-23(16)39-24-14-17(27(30,31)32)3-6-20(24)25(37)33-19-5-7-21(29)22(15-19)34-26(38)36-11-9-35(2)10-12-36/h3-8,13-15H,9-12H2,1-2H3,(H,33,37)(H,34,38). The number of nitrogens with one attached hydrogen (secondary N) is 2. The Bertz CT molecular complexity index is 1390. The summed E-state index contributed by atoms with van der Waals surface area (Å²) >= 11 is 0. The highest BCUT2D eigenvalue weighted by atomic mass is 19.4. The molecule has 2 N–H and O–H groups in total. The van der Waals surface area contributed by atoms with Gasteiger partial charge in [0.15, 0.2) is 0 Å². The van der Waals surface area contributed by atoms with Gasteiger partial charge in [-0.15, -0.1) is 0 Å². The van der Waals surface area contributed by atoms with Crippen LogP contribution in [0, 0.1) is 18.6 Å². The molecule has 0 radical (unpaired) electrons. The molecule has 1 aliphatic heterocycles. The maximum atomic E-state index is 14.4. The summed E-state index contributed by atoms with van der Waals surface area (Å²) in [6, 6.07) is 8.79. The molecule has 0 saturated carbocycles. The Morgan fingerprint density at radius 3 is 2.26 bits per heavy atom. The summed E-state index contributed by atoms with van der Waals surface area (Å²) in [4.78, 5) is 29.3. The van der Waals surface area contributed by atoms with Gasteiger partial charge in [-0.3, -0.25) is 4.79 Å². The maximum Gasteiger partial charge on any atom is 0.416 e. The van der Waals surface area contributed by atoms with Crippen LogP contribution in [0.4, 0.5) is 38.1 Å². The topological polar surface area (TPSA) is 73.9 Å². The summed E-state index contributed by atoms with van der Waals surface area (Å²) in [5.74, 6) is -2.50. The van der Waals surface area contributed by atoms with Gasteiger partial charge >= 0.3 is 12.2 Å². The number of amides is 3. The number of aryl methyl sites for hydroxylation is 1. The van der Waals surface area contributed by atoms with Crippen LogP contribution in [0.25, 0.3) is 0 Å². The number of carbonyl (C=O) groups excluding carboxylic acids is 2. The van der Waals surface area contributed by atoms with Crippen LogP contribution in [0.3, 0.4) is 0 Å². The Hall–Kier alpha value is -4.19. The number of hydrogen-bond acceptors (Lipinski definition) is 4. The Labute approximate surface area is 221 Å². The molecule has 206 valence electrons. The Morgan fingerprint density at radius 1 is 0.872 bits per heavy atom. The van der Waals surface area contributed by atoms with Crippen LogP contribution in [0.5, 0.6) is 11.5 Å². The zero-order chi connectivity index (χ0) is 28.3. The molecule has 3 amide bonds. The molecule has 0 bridgehead atoms. The molecule has 1 fully saturated rings. The SMILES string of the molecule is Cc1cc(F)ccc1Oc1cc(C(F)(F)F)ccc1C(=O)Nc1ccc(F)c(NC(=O)N2CCN(C)CC2)c1. The van der Waals surface area contributed by atoms with Gasteiger partial charge in [0.1, 0.15) is 23.1 Å². The summed E-state index contributed by atoms with van der Waals surface area (Å²) in [5.41, 5.74) is -1.09. The van der Waals surface area contributed by atoms with Crippen molar-refractivity contribution in [2.45, 2.75) is 13.1 Å². The number of alkyl halides is 3. The van der Waals surface area contributed by atoms with Gasteiger partial charge in [0.2, 0.25) is 0 Å². The van der Waals surface area contributed by atoms with Gasteiger partial charge in [0.05, 0.1) is 16.8 Å². The molecule has 39 heavy (non-hydrogen) atoms. The zero-order valence-electron chi connectivity index (χ0n) is 21.0. The molecule has 7 nitrogen and oxygen atoms in total. The largest absolute Gasteiger partial charge is 0.456 e. The van der Waals surface area contributed by atoms with E-state index < -0.39 is 41.1 Å². The molecule has 0 unspecified atom stereocenters. The van der Waals surface area contributed by atoms with Crippen molar-refractivity contribution >= 4 is 23.3 Å². The first-order chi connectivity index (χ1) is 18.4. The van der Waals surface area contributed by atoms with E-state index in [1.807, 2.05) is 7.05 Å². The minimum absolute atomic E-state index is 0.0560. The van der Waals surface area contributed by atoms with E-state index in [1.54, 1.807) is 0 Å². The van der Waals surface area contributed by atoms with Gasteiger partial charge in [0.25, 0.3) is 5.91 Å². The molecular weight excluding hydrogens is 523 g/mol. The first kappa shape index (κ1) is 27.8. The van der Waals surface area contributed by atoms with Gasteiger partial charge in [-0.05, 0) is 74.1 Å². The van der Waals surface area contributed by atoms with Crippen molar-refractivity contribution in [1.82, 2.24) is 9.80 Å². The number of nitrogens with zero attached hydrogens (tertiary/aromatic N) is 2. The minimum atomic E-state index is -4.71. The van der Waals surface area contributed by atoms with E-state index in [1.165, 1.54) is 30.0 Å². The second-order valence-electron chi connectivity index (χ2n) is 9.09. The van der Waals surface area contributed by atoms with Crippen molar-refractivity contribution in [1.29, 1.82) is 0 Å². The van der Waals surface area contributed by atoms with Crippen molar-refractivity contribution in [3.8, 4) is 11.5 Å². The van der Waals surface area contributed by atoms with Crippen molar-refractivity contribution < 1.29 is 36.3 Å². The number of hydrogen-bond donors (Lipinski definition) is 2. The number of benzene rings is 3. The molecule has 1 saturated heterocycles. The van der Waals surface area contributed by atoms with E-state index in [0.717, 1.165) is 30.3 Å². The lowest BCUT2D eigenvalue weighted by molar-refractivity contribution is -0.137. The maximum absolute atomic E-state index is 14.4. The molecule has 0 atom stereocenters. The van der Waals surface area contributed by atoms with Crippen LogP contribution in [0.2, 0.25) is 0 Å². The van der Waals surface area contributed by atoms with Gasteiger partial charge < -0.3 is 25.2 Å². The third-order valence-corrected chi connectivity index (χ3v) is 6.17. The number of likely N-dealkylation sites (N-methyl/N-ethyl adjacent to an activating group) is 1. The van der Waals surface area contributed by atoms with Gasteiger partial charge in [-0.2, -0.15) is 13.2 Å². The average molecular weight is 549 g/mol. The second kappa shape index (κ2) is 11.3. The van der Waals surface area contributed by atoms with E-state index >= 15 is 0 Å². The molecular formula is C27H25F5N4O3. The summed E-state index contributed by atoms with van der Waals surface area (Å²) in [7, 11) is 1.93. The van der Waals surface area contributed by atoms with Crippen molar-refractivity contribution in [3.05, 3.63) is 82.9 Å². The van der Waals surface area contributed by atoms with Gasteiger partial charge in [-0.1, -0.05) is 0 Å². The fourth-order valence-electron chi connectivity index (χ4n) is 3.92. The third kappa shape index (κ3) is 6.82. The van der Waals surface area contributed by atoms with Crippen molar-refractivity contribution in [2.75, 3.05) is 43.9 Å². The second-order valence-corrected chi connectivity index (χ2v) is 9.09. The number of urea groups is 1. The summed E-state index contributed by atoms with van der Waals surface area (Å²) in [5, 5.41) is 4.98. The fourth-order valence-corrected chi connectivity index (χ4v) is 3.92. The average Bonchev–Trinajstić information content (AvgIpc) is 2.87. The van der Waals surface area contributed by atoms with E-state index in [2.05, 4.69) is 15.5 Å². The molecule has 12 heteroatoms. The minimum Gasteiger partial charge on any atom is -0.456 e. The molecule has 0 aliphatic carbocycles. The van der Waals surface area contributed by atoms with Crippen LogP contribution < -0.4 is 15.4 Å². The van der Waals surface area contributed by atoms with Crippen LogP contribution >= 0.6 is 0 Å². The highest BCUT2D eigenvalue weighted by Gasteiger charge is 2.32. The van der Waals surface area contributed by atoms with Crippen molar-refractivity contribution in [3.63, 3.8) is 0 Å². The molecule has 3 aromatic rings. The molecule has 1 heterocycles. The van der Waals surface area contributed by atoms with Gasteiger partial charge in [0, 0.05) is 31.9 Å². The van der Waals surface area contributed by atoms with E-state index in [0.29, 0.717) is 37.8 Å². The quantitative estimate of drug-likeness (QED) is 0.377. The first-order valence-electron chi connectivity index (χ1n) is 11.9. The molecule has 1 aliphatic rings. The fraction of sp³-hybridized carbons (Fsp3) is 0.259. The van der Waals surface area contributed by atoms with Crippen LogP contribution in [-0.4, -0.2) is 55.0 Å². The van der Waals surface area contributed by atoms with Crippen LogP contribution in [-0.2, 0) is 6.18 Å². The number of halogens is 5. The predicted octanol–water partition coefficient (Wildman–Crippen LogP) is 6.12. The highest BCUT2D eigenvalue weighted by molar-refractivity contribution is 6.06. The monoisotopic (exact) mass is 548 g/mol. The van der Waals surface area contributed by atoms with Crippen LogP contribution in [0.15, 0.2) is 54.6 Å². The zero-order valence-corrected chi connectivity index (χ0v) is 21.0. The number of piperazine rings is 1. The summed E-state index contributed by atoms with van der Waals surface area (Å²) < 4.78 is 73.7. The molecule has 3 aromatic carbocycles. The molecule has 0 aromatic heterocycles. The normalized spacial score (nSPS) is 14.2. The number of ether oxygens (including phenoxy) is 1. The highest BCUT2D eigenvalue weighted by Crippen LogP contribution is 2.36. The Kier molecular flexibility index (Phi) is 8.05. The number of anilines is 2. The van der Waals surface area contributed by atoms with E-state index in [-0.39, 0.29) is 22.7 Å². The molecule has 0 spiro atoms. The predicted molar refractivity (Wildman–Crippen MR) is 135 cm³/mol. The van der Waals surface area contributed by atoms with Crippen molar-refractivity contribution in [2.24, 2.45) is 0 Å². The van der Waals surface area contributed by atoms with Crippen LogP contribution in [0.1, 0.15) is 21.5 Å². The summed E-state index contributed by atoms with van der Waals surface area (Å²) in [6.45, 7) is 3.76. The Morgan fingerprint density at radius 2 is 1.59 bits per heavy atom. The van der Waals surface area contributed by atoms with E-state index in [4.69, 9.17) is 4.74 Å². The first-order valence-corrected chi connectivity index (χ1v) is 11.9. The Balaban J connectivity index is 1.57.